The summed E-state index contributed by atoms with van der Waals surface area (Å²) in [4.78, 5) is 11.7. The van der Waals surface area contributed by atoms with Crippen LogP contribution in [0.5, 0.6) is 0 Å². The highest BCUT2D eigenvalue weighted by atomic mass is 35.5. The lowest BCUT2D eigenvalue weighted by molar-refractivity contribution is -0.120. The predicted molar refractivity (Wildman–Crippen MR) is 81.1 cm³/mol. The van der Waals surface area contributed by atoms with Crippen LogP contribution in [0.2, 0.25) is 10.0 Å². The molecule has 1 aromatic carbocycles. The molecule has 0 saturated carbocycles. The van der Waals surface area contributed by atoms with Crippen LogP contribution in [0.4, 0.5) is 0 Å². The lowest BCUT2D eigenvalue weighted by atomic mass is 10.2. The van der Waals surface area contributed by atoms with Crippen molar-refractivity contribution in [1.82, 2.24) is 5.32 Å². The van der Waals surface area contributed by atoms with Gasteiger partial charge in [-0.05, 0) is 31.0 Å². The van der Waals surface area contributed by atoms with Gasteiger partial charge >= 0.3 is 0 Å². The summed E-state index contributed by atoms with van der Waals surface area (Å²) in [6, 6.07) is 5.11. The molecule has 0 aliphatic heterocycles. The highest BCUT2D eigenvalue weighted by Gasteiger charge is 2.19. The molecule has 19 heavy (non-hydrogen) atoms. The van der Waals surface area contributed by atoms with Gasteiger partial charge in [-0.15, -0.1) is 0 Å². The molecule has 0 fully saturated rings. The van der Waals surface area contributed by atoms with Crippen molar-refractivity contribution >= 4 is 39.9 Å². The van der Waals surface area contributed by atoms with Crippen molar-refractivity contribution in [2.24, 2.45) is 0 Å². The smallest absolute Gasteiger partial charge is 0.235 e. The highest BCUT2D eigenvalue weighted by Crippen LogP contribution is 2.23. The minimum absolute atomic E-state index is 0.180. The van der Waals surface area contributed by atoms with Crippen LogP contribution in [-0.2, 0) is 21.3 Å². The standard InChI is InChI=1S/C13H17Cl2NO2S/c1-3-6-16-13(17)9(2)19(18)8-10-4-5-11(14)12(15)7-10/h4-5,7,9H,3,6,8H2,1-2H3,(H,16,17)/t9-,19+/m1/s1. The van der Waals surface area contributed by atoms with Gasteiger partial charge in [-0.3, -0.25) is 9.00 Å². The van der Waals surface area contributed by atoms with Crippen LogP contribution in [-0.4, -0.2) is 21.9 Å². The Bertz CT molecular complexity index is 480. The Hall–Kier alpha value is -0.580. The van der Waals surface area contributed by atoms with Gasteiger partial charge in [0.05, 0.1) is 10.0 Å². The lowest BCUT2D eigenvalue weighted by Crippen LogP contribution is -2.36. The number of rotatable bonds is 6. The molecule has 1 rings (SSSR count). The van der Waals surface area contributed by atoms with E-state index in [0.29, 0.717) is 16.6 Å². The molecule has 0 saturated heterocycles. The minimum atomic E-state index is -1.28. The van der Waals surface area contributed by atoms with Crippen molar-refractivity contribution in [2.45, 2.75) is 31.3 Å². The second-order valence-corrected chi connectivity index (χ2v) is 6.78. The summed E-state index contributed by atoms with van der Waals surface area (Å²) in [5.41, 5.74) is 0.808. The Labute approximate surface area is 126 Å². The van der Waals surface area contributed by atoms with Crippen LogP contribution >= 0.6 is 23.2 Å². The first-order chi connectivity index (χ1) is 8.95. The van der Waals surface area contributed by atoms with E-state index in [4.69, 9.17) is 23.2 Å². The second kappa shape index (κ2) is 7.88. The number of amides is 1. The summed E-state index contributed by atoms with van der Waals surface area (Å²) >= 11 is 11.7. The molecule has 0 spiro atoms. The number of halogens is 2. The second-order valence-electron chi connectivity index (χ2n) is 4.21. The maximum absolute atomic E-state index is 12.1. The molecule has 0 aliphatic rings. The maximum Gasteiger partial charge on any atom is 0.235 e. The van der Waals surface area contributed by atoms with E-state index in [-0.39, 0.29) is 11.7 Å². The van der Waals surface area contributed by atoms with Crippen molar-refractivity contribution in [3.05, 3.63) is 33.8 Å². The SMILES string of the molecule is CCCNC(=O)[C@@H](C)[S@@](=O)Cc1ccc(Cl)c(Cl)c1. The number of carbonyl (C=O) groups excluding carboxylic acids is 1. The summed E-state index contributed by atoms with van der Waals surface area (Å²) < 4.78 is 12.1. The number of nitrogens with one attached hydrogen (secondary N) is 1. The van der Waals surface area contributed by atoms with Crippen LogP contribution < -0.4 is 5.32 Å². The first-order valence-corrected chi connectivity index (χ1v) is 8.18. The first kappa shape index (κ1) is 16.5. The van der Waals surface area contributed by atoms with Crippen LogP contribution in [0.25, 0.3) is 0 Å². The lowest BCUT2D eigenvalue weighted by Gasteiger charge is -2.12. The Morgan fingerprint density at radius 1 is 1.37 bits per heavy atom. The Kier molecular flexibility index (Phi) is 6.83. The fourth-order valence-corrected chi connectivity index (χ4v) is 2.83. The van der Waals surface area contributed by atoms with E-state index in [1.54, 1.807) is 25.1 Å². The molecule has 0 aromatic heterocycles. The zero-order valence-electron chi connectivity index (χ0n) is 10.9. The van der Waals surface area contributed by atoms with E-state index in [9.17, 15) is 9.00 Å². The van der Waals surface area contributed by atoms with Crippen molar-refractivity contribution in [3.8, 4) is 0 Å². The van der Waals surface area contributed by atoms with Crippen molar-refractivity contribution in [1.29, 1.82) is 0 Å². The Morgan fingerprint density at radius 3 is 2.63 bits per heavy atom. The molecule has 1 aromatic rings. The molecule has 1 amide bonds. The summed E-state index contributed by atoms with van der Waals surface area (Å²) in [5, 5.41) is 3.09. The summed E-state index contributed by atoms with van der Waals surface area (Å²) in [6.07, 6.45) is 0.859. The molecule has 6 heteroatoms. The monoisotopic (exact) mass is 321 g/mol. The van der Waals surface area contributed by atoms with E-state index in [1.165, 1.54) is 0 Å². The van der Waals surface area contributed by atoms with Gasteiger partial charge in [-0.2, -0.15) is 0 Å². The van der Waals surface area contributed by atoms with E-state index in [2.05, 4.69) is 5.32 Å². The van der Waals surface area contributed by atoms with E-state index in [1.807, 2.05) is 6.92 Å². The first-order valence-electron chi connectivity index (χ1n) is 6.04. The van der Waals surface area contributed by atoms with Gasteiger partial charge in [0.2, 0.25) is 5.91 Å². The molecule has 1 N–H and O–H groups in total. The summed E-state index contributed by atoms with van der Waals surface area (Å²) in [7, 11) is -1.28. The fraction of sp³-hybridized carbons (Fsp3) is 0.462. The number of hydrogen-bond acceptors (Lipinski definition) is 2. The molecule has 3 nitrogen and oxygen atoms in total. The topological polar surface area (TPSA) is 46.2 Å². The molecule has 0 bridgehead atoms. The quantitative estimate of drug-likeness (QED) is 0.874. The largest absolute Gasteiger partial charge is 0.355 e. The van der Waals surface area contributed by atoms with Crippen LogP contribution in [0.15, 0.2) is 18.2 Å². The zero-order valence-corrected chi connectivity index (χ0v) is 13.2. The molecule has 0 radical (unpaired) electrons. The van der Waals surface area contributed by atoms with E-state index in [0.717, 1.165) is 12.0 Å². The van der Waals surface area contributed by atoms with Crippen molar-refractivity contribution in [3.63, 3.8) is 0 Å². The third kappa shape index (κ3) is 5.13. The number of carbonyl (C=O) groups is 1. The van der Waals surface area contributed by atoms with Crippen molar-refractivity contribution in [2.75, 3.05) is 6.54 Å². The van der Waals surface area contributed by atoms with Gasteiger partial charge in [0, 0.05) is 23.1 Å². The van der Waals surface area contributed by atoms with Crippen LogP contribution in [0.3, 0.4) is 0 Å². The summed E-state index contributed by atoms with van der Waals surface area (Å²) in [6.45, 7) is 4.24. The van der Waals surface area contributed by atoms with E-state index < -0.39 is 16.0 Å². The van der Waals surface area contributed by atoms with Gasteiger partial charge in [-0.25, -0.2) is 0 Å². The molecule has 0 aliphatic carbocycles. The fourth-order valence-electron chi connectivity index (χ4n) is 1.43. The maximum atomic E-state index is 12.1. The molecular weight excluding hydrogens is 305 g/mol. The van der Waals surface area contributed by atoms with E-state index >= 15 is 0 Å². The third-order valence-corrected chi connectivity index (χ3v) is 4.97. The summed E-state index contributed by atoms with van der Waals surface area (Å²) in [5.74, 6) is 0.109. The molecule has 2 atom stereocenters. The molecule has 0 heterocycles. The highest BCUT2D eigenvalue weighted by molar-refractivity contribution is 7.85. The Balaban J connectivity index is 2.63. The number of benzene rings is 1. The average molecular weight is 322 g/mol. The van der Waals surface area contributed by atoms with Crippen LogP contribution in [0.1, 0.15) is 25.8 Å². The molecule has 106 valence electrons. The van der Waals surface area contributed by atoms with Gasteiger partial charge in [0.25, 0.3) is 0 Å². The van der Waals surface area contributed by atoms with Gasteiger partial charge in [0.1, 0.15) is 5.25 Å². The average Bonchev–Trinajstić information content (AvgIpc) is 2.39. The normalized spacial score (nSPS) is 13.9. The molecular formula is C13H17Cl2NO2S. The van der Waals surface area contributed by atoms with Gasteiger partial charge < -0.3 is 5.32 Å². The van der Waals surface area contributed by atoms with Crippen LogP contribution in [0, 0.1) is 0 Å². The molecule has 0 unspecified atom stereocenters. The minimum Gasteiger partial charge on any atom is -0.355 e. The van der Waals surface area contributed by atoms with Gasteiger partial charge in [0.15, 0.2) is 0 Å². The number of hydrogen-bond donors (Lipinski definition) is 1. The predicted octanol–water partition coefficient (Wildman–Crippen LogP) is 3.16. The zero-order chi connectivity index (χ0) is 14.4. The van der Waals surface area contributed by atoms with Gasteiger partial charge in [-0.1, -0.05) is 36.2 Å². The third-order valence-electron chi connectivity index (χ3n) is 2.61. The van der Waals surface area contributed by atoms with Crippen molar-refractivity contribution < 1.29 is 9.00 Å². The Morgan fingerprint density at radius 2 is 2.05 bits per heavy atom.